The Morgan fingerprint density at radius 2 is 0.812 bits per heavy atom. The monoisotopic (exact) mass is 822 g/mol. The Bertz CT molecular complexity index is 3550. The Labute approximate surface area is 369 Å². The molecular weight excluding hydrogens is 785 g/mol. The van der Waals surface area contributed by atoms with Crippen LogP contribution in [0.3, 0.4) is 0 Å². The standard InChI is InChI=1S/C58H38N4O2/c63-57-40-23-13-14-24-41(40)58(64)44-33-39(25-26-42(44)57)43-34-51-54(37-19-9-3-10-20-37)49-30-29-47(60-49)52(35-15-5-1-6-16-35)45-27-28-46(59-45)53(36-17-7-2-8-18-36)48-31-32-50(61-48)55(56(43)62-51)38-21-11-4-12-22-38/h1-25,27-32,34,60-61H,26,33H2. The van der Waals surface area contributed by atoms with E-state index in [1.807, 2.05) is 36.4 Å². The number of rotatable bonds is 5. The first-order valence-corrected chi connectivity index (χ1v) is 21.6. The van der Waals surface area contributed by atoms with Crippen molar-refractivity contribution in [2.24, 2.45) is 0 Å². The van der Waals surface area contributed by atoms with Crippen LogP contribution in [0.15, 0.2) is 193 Å². The Balaban J connectivity index is 1.21. The first-order chi connectivity index (χ1) is 31.6. The third-order valence-electron chi connectivity index (χ3n) is 12.7. The second-order valence-electron chi connectivity index (χ2n) is 16.4. The maximum absolute atomic E-state index is 14.3. The summed E-state index contributed by atoms with van der Waals surface area (Å²) < 4.78 is 0. The third-order valence-corrected chi connectivity index (χ3v) is 12.7. The molecule has 12 rings (SSSR count). The van der Waals surface area contributed by atoms with Crippen LogP contribution in [0.2, 0.25) is 0 Å². The predicted molar refractivity (Wildman–Crippen MR) is 259 cm³/mol. The highest BCUT2D eigenvalue weighted by atomic mass is 16.1. The molecule has 3 aromatic heterocycles. The van der Waals surface area contributed by atoms with Crippen LogP contribution in [-0.4, -0.2) is 31.5 Å². The van der Waals surface area contributed by atoms with E-state index in [-0.39, 0.29) is 11.6 Å². The zero-order valence-electron chi connectivity index (χ0n) is 34.6. The number of aromatic nitrogens is 4. The Kier molecular flexibility index (Phi) is 8.83. The molecule has 2 aliphatic carbocycles. The Morgan fingerprint density at radius 1 is 0.406 bits per heavy atom. The maximum Gasteiger partial charge on any atom is 0.190 e. The number of nitrogens with zero attached hydrogens (tertiary/aromatic N) is 2. The molecule has 6 nitrogen and oxygen atoms in total. The van der Waals surface area contributed by atoms with Crippen molar-refractivity contribution >= 4 is 57.4 Å². The minimum Gasteiger partial charge on any atom is -0.354 e. The number of carbonyl (C=O) groups is 2. The van der Waals surface area contributed by atoms with Crippen LogP contribution in [0.25, 0.3) is 90.4 Å². The quantitative estimate of drug-likeness (QED) is 0.181. The van der Waals surface area contributed by atoms with Gasteiger partial charge in [-0.1, -0.05) is 152 Å². The summed E-state index contributed by atoms with van der Waals surface area (Å²) in [5.41, 5.74) is 18.7. The van der Waals surface area contributed by atoms with E-state index >= 15 is 0 Å². The first kappa shape index (κ1) is 37.3. The smallest absolute Gasteiger partial charge is 0.190 e. The number of Topliss-reactive ketones (excluding diaryl/α,β-unsaturated/α-hetero) is 2. The van der Waals surface area contributed by atoms with E-state index in [2.05, 4.69) is 156 Å². The van der Waals surface area contributed by atoms with Gasteiger partial charge in [-0.15, -0.1) is 0 Å². The van der Waals surface area contributed by atoms with Gasteiger partial charge in [0.15, 0.2) is 11.6 Å². The van der Waals surface area contributed by atoms with Gasteiger partial charge in [0.1, 0.15) is 0 Å². The van der Waals surface area contributed by atoms with Gasteiger partial charge in [-0.25, -0.2) is 9.97 Å². The lowest BCUT2D eigenvalue weighted by Gasteiger charge is -2.25. The molecule has 8 aromatic rings. The number of fused-ring (bicyclic) bond motifs is 9. The van der Waals surface area contributed by atoms with Gasteiger partial charge >= 0.3 is 0 Å². The normalized spacial score (nSPS) is 14.2. The number of benzene rings is 5. The zero-order chi connectivity index (χ0) is 42.7. The third kappa shape index (κ3) is 6.18. The van der Waals surface area contributed by atoms with Crippen molar-refractivity contribution in [2.45, 2.75) is 12.8 Å². The van der Waals surface area contributed by atoms with Crippen LogP contribution in [0.5, 0.6) is 0 Å². The fraction of sp³-hybridized carbons (Fsp3) is 0.0345. The van der Waals surface area contributed by atoms with E-state index in [9.17, 15) is 9.59 Å². The van der Waals surface area contributed by atoms with E-state index < -0.39 is 0 Å². The summed E-state index contributed by atoms with van der Waals surface area (Å²) >= 11 is 0. The molecule has 0 radical (unpaired) electrons. The van der Waals surface area contributed by atoms with Crippen LogP contribution in [0.1, 0.15) is 56.3 Å². The first-order valence-electron chi connectivity index (χ1n) is 21.6. The van der Waals surface area contributed by atoms with Crippen LogP contribution in [0.4, 0.5) is 0 Å². The van der Waals surface area contributed by atoms with Gasteiger partial charge in [-0.3, -0.25) is 9.59 Å². The fourth-order valence-corrected chi connectivity index (χ4v) is 9.73. The molecule has 64 heavy (non-hydrogen) atoms. The predicted octanol–water partition coefficient (Wildman–Crippen LogP) is 13.8. The molecule has 5 heterocycles. The summed E-state index contributed by atoms with van der Waals surface area (Å²) in [7, 11) is 0. The molecule has 0 saturated carbocycles. The molecule has 302 valence electrons. The fourth-order valence-electron chi connectivity index (χ4n) is 9.73. The van der Waals surface area contributed by atoms with Crippen LogP contribution < -0.4 is 0 Å². The lowest BCUT2D eigenvalue weighted by molar-refractivity contribution is 0.0970. The van der Waals surface area contributed by atoms with Gasteiger partial charge in [0, 0.05) is 78.6 Å². The largest absolute Gasteiger partial charge is 0.354 e. The van der Waals surface area contributed by atoms with E-state index in [0.717, 1.165) is 100 Å². The van der Waals surface area contributed by atoms with Crippen LogP contribution in [0, 0.1) is 0 Å². The summed E-state index contributed by atoms with van der Waals surface area (Å²) in [5, 5.41) is 0. The number of aromatic amines is 2. The average Bonchev–Trinajstić information content (AvgIpc) is 4.20. The molecule has 2 aliphatic heterocycles. The van der Waals surface area contributed by atoms with Gasteiger partial charge in [0.25, 0.3) is 0 Å². The van der Waals surface area contributed by atoms with E-state index in [4.69, 9.17) is 9.97 Å². The SMILES string of the molecule is O=C1C2=C(CC(C3=Cc4nc3c(-c3ccccc3)c3ccc([nH]3)c(-c3ccccc3)c3nc(c(-c5ccccc5)c5ccc([nH]5)c4-c4ccccc4)C=C3)=CC2)C(=O)c2ccccc21. The number of nitrogens with one attached hydrogen (secondary N) is 2. The second kappa shape index (κ2) is 15.2. The van der Waals surface area contributed by atoms with Crippen molar-refractivity contribution in [1.82, 2.24) is 19.9 Å². The summed E-state index contributed by atoms with van der Waals surface area (Å²) in [6, 6.07) is 57.3. The number of ketones is 2. The molecule has 0 atom stereocenters. The number of hydrogen-bond donors (Lipinski definition) is 2. The number of hydrogen-bond acceptors (Lipinski definition) is 4. The molecule has 6 heteroatoms. The van der Waals surface area contributed by atoms with Gasteiger partial charge < -0.3 is 9.97 Å². The number of carbonyl (C=O) groups excluding carboxylic acids is 2. The lowest BCUT2D eigenvalue weighted by Crippen LogP contribution is -2.24. The summed E-state index contributed by atoms with van der Waals surface area (Å²) in [6.45, 7) is 0. The van der Waals surface area contributed by atoms with Gasteiger partial charge in [-0.05, 0) is 76.7 Å². The molecule has 4 aliphatic rings. The van der Waals surface area contributed by atoms with Crippen LogP contribution >= 0.6 is 0 Å². The average molecular weight is 823 g/mol. The minimum absolute atomic E-state index is 0.0689. The highest BCUT2D eigenvalue weighted by Crippen LogP contribution is 2.46. The molecule has 0 fully saturated rings. The van der Waals surface area contributed by atoms with E-state index in [1.54, 1.807) is 12.1 Å². The van der Waals surface area contributed by atoms with Crippen molar-refractivity contribution in [2.75, 3.05) is 0 Å². The molecule has 5 aromatic carbocycles. The zero-order valence-corrected chi connectivity index (χ0v) is 34.6. The minimum atomic E-state index is -0.0853. The topological polar surface area (TPSA) is 91.5 Å². The highest BCUT2D eigenvalue weighted by molar-refractivity contribution is 6.27. The molecule has 0 amide bonds. The van der Waals surface area contributed by atoms with Crippen molar-refractivity contribution in [1.29, 1.82) is 0 Å². The van der Waals surface area contributed by atoms with Crippen LogP contribution in [-0.2, 0) is 0 Å². The van der Waals surface area contributed by atoms with Crippen molar-refractivity contribution in [3.05, 3.63) is 227 Å². The van der Waals surface area contributed by atoms with E-state index in [0.29, 0.717) is 35.1 Å². The van der Waals surface area contributed by atoms with Gasteiger partial charge in [0.05, 0.1) is 22.8 Å². The molecule has 0 saturated heterocycles. The van der Waals surface area contributed by atoms with E-state index in [1.165, 1.54) is 0 Å². The molecule has 0 spiro atoms. The second-order valence-corrected chi connectivity index (χ2v) is 16.4. The van der Waals surface area contributed by atoms with Crippen molar-refractivity contribution in [3.63, 3.8) is 0 Å². The van der Waals surface area contributed by atoms with Crippen molar-refractivity contribution < 1.29 is 9.59 Å². The number of H-pyrrole nitrogens is 2. The summed E-state index contributed by atoms with van der Waals surface area (Å²) in [5.74, 6) is -0.154. The molecule has 8 bridgehead atoms. The summed E-state index contributed by atoms with van der Waals surface area (Å²) in [4.78, 5) is 47.0. The molecule has 2 N–H and O–H groups in total. The lowest BCUT2D eigenvalue weighted by atomic mass is 9.76. The van der Waals surface area contributed by atoms with Gasteiger partial charge in [0.2, 0.25) is 0 Å². The Morgan fingerprint density at radius 3 is 1.30 bits per heavy atom. The maximum atomic E-state index is 14.3. The Hall–Kier alpha value is -8.48. The van der Waals surface area contributed by atoms with Crippen molar-refractivity contribution in [3.8, 4) is 44.5 Å². The molecule has 0 unspecified atom stereocenters. The van der Waals surface area contributed by atoms with Gasteiger partial charge in [-0.2, -0.15) is 0 Å². The highest BCUT2D eigenvalue weighted by Gasteiger charge is 2.35. The number of allylic oxidation sites excluding steroid dienone is 5. The summed E-state index contributed by atoms with van der Waals surface area (Å²) in [6.07, 6.45) is 9.20. The molecular formula is C58H38N4O2.